The number of aromatic nitrogens is 3. The van der Waals surface area contributed by atoms with Gasteiger partial charge in [-0.05, 0) is 62.6 Å². The van der Waals surface area contributed by atoms with Gasteiger partial charge < -0.3 is 10.1 Å². The Balaban J connectivity index is 1.65. The van der Waals surface area contributed by atoms with E-state index >= 15 is 0 Å². The Morgan fingerprint density at radius 1 is 1.16 bits per heavy atom. The number of allylic oxidation sites excluding steroid dienone is 1. The summed E-state index contributed by atoms with van der Waals surface area (Å²) in [4.78, 5) is 12.6. The van der Waals surface area contributed by atoms with Gasteiger partial charge in [0, 0.05) is 17.3 Å². The van der Waals surface area contributed by atoms with Crippen LogP contribution in [-0.4, -0.2) is 26.4 Å². The predicted octanol–water partition coefficient (Wildman–Crippen LogP) is 5.66. The van der Waals surface area contributed by atoms with E-state index in [1.54, 1.807) is 12.1 Å². The Hall–Kier alpha value is -2.77. The van der Waals surface area contributed by atoms with Crippen molar-refractivity contribution in [3.8, 4) is 5.75 Å². The number of nitrogens with one attached hydrogen (secondary N) is 1. The maximum atomic E-state index is 12.6. The molecule has 0 aliphatic carbocycles. The molecule has 1 amide bonds. The summed E-state index contributed by atoms with van der Waals surface area (Å²) >= 11 is 7.41. The zero-order chi connectivity index (χ0) is 23.3. The number of ether oxygens (including phenoxy) is 1. The quantitative estimate of drug-likeness (QED) is 0.322. The van der Waals surface area contributed by atoms with Crippen molar-refractivity contribution in [2.45, 2.75) is 46.0 Å². The lowest BCUT2D eigenvalue weighted by Gasteiger charge is -2.13. The lowest BCUT2D eigenvalue weighted by molar-refractivity contribution is -0.113. The van der Waals surface area contributed by atoms with Gasteiger partial charge in [-0.2, -0.15) is 0 Å². The molecule has 3 rings (SSSR count). The molecule has 168 valence electrons. The van der Waals surface area contributed by atoms with Crippen molar-refractivity contribution in [2.24, 2.45) is 0 Å². The van der Waals surface area contributed by atoms with E-state index in [0.29, 0.717) is 28.3 Å². The molecule has 3 aromatic rings. The molecule has 1 aromatic heterocycles. The summed E-state index contributed by atoms with van der Waals surface area (Å²) in [6.07, 6.45) is 1.77. The van der Waals surface area contributed by atoms with Crippen LogP contribution in [0.4, 0.5) is 5.69 Å². The summed E-state index contributed by atoms with van der Waals surface area (Å²) in [5, 5.41) is 12.9. The number of rotatable bonds is 9. The molecule has 2 aromatic carbocycles. The Morgan fingerprint density at radius 2 is 1.88 bits per heavy atom. The van der Waals surface area contributed by atoms with Gasteiger partial charge in [0.2, 0.25) is 5.91 Å². The maximum absolute atomic E-state index is 12.6. The second-order valence-electron chi connectivity index (χ2n) is 7.61. The van der Waals surface area contributed by atoms with E-state index in [9.17, 15) is 4.79 Å². The van der Waals surface area contributed by atoms with E-state index in [-0.39, 0.29) is 18.3 Å². The monoisotopic (exact) mass is 470 g/mol. The minimum Gasteiger partial charge on any atom is -0.486 e. The van der Waals surface area contributed by atoms with E-state index in [4.69, 9.17) is 16.3 Å². The molecule has 6 nitrogen and oxygen atoms in total. The fourth-order valence-electron chi connectivity index (χ4n) is 3.38. The topological polar surface area (TPSA) is 69.0 Å². The highest BCUT2D eigenvalue weighted by Crippen LogP contribution is 2.24. The molecule has 0 radical (unpaired) electrons. The fraction of sp³-hybridized carbons (Fsp3) is 0.292. The Bertz CT molecular complexity index is 1120. The van der Waals surface area contributed by atoms with Crippen LogP contribution in [-0.2, 0) is 17.9 Å². The van der Waals surface area contributed by atoms with Crippen molar-refractivity contribution in [3.63, 3.8) is 0 Å². The smallest absolute Gasteiger partial charge is 0.234 e. The summed E-state index contributed by atoms with van der Waals surface area (Å²) in [6.45, 7) is 12.5. The summed E-state index contributed by atoms with van der Waals surface area (Å²) in [6, 6.07) is 9.62. The molecule has 0 saturated heterocycles. The highest BCUT2D eigenvalue weighted by atomic mass is 35.5. The minimum atomic E-state index is -0.0901. The first kappa shape index (κ1) is 23.9. The van der Waals surface area contributed by atoms with Crippen LogP contribution in [0.25, 0.3) is 0 Å². The average molecular weight is 471 g/mol. The van der Waals surface area contributed by atoms with Crippen molar-refractivity contribution in [3.05, 3.63) is 76.1 Å². The third-order valence-corrected chi connectivity index (χ3v) is 6.27. The summed E-state index contributed by atoms with van der Waals surface area (Å²) < 4.78 is 7.76. The Labute approximate surface area is 198 Å². The zero-order valence-electron chi connectivity index (χ0n) is 18.7. The van der Waals surface area contributed by atoms with Crippen LogP contribution in [0.5, 0.6) is 5.75 Å². The standard InChI is InChI=1S/C24H27ClN4O2S/c1-6-9-29-21(13-31-19-7-8-20(25)16(3)12-19)27-28-24(29)32-14-22(30)26-23-17(4)10-15(2)11-18(23)5/h6-8,10-12H,1,9,13-14H2,2-5H3,(H,26,30). The number of carbonyl (C=O) groups is 1. The van der Waals surface area contributed by atoms with Crippen molar-refractivity contribution in [1.82, 2.24) is 14.8 Å². The van der Waals surface area contributed by atoms with E-state index in [2.05, 4.69) is 34.2 Å². The normalized spacial score (nSPS) is 10.8. The van der Waals surface area contributed by atoms with E-state index in [0.717, 1.165) is 22.4 Å². The van der Waals surface area contributed by atoms with Crippen LogP contribution in [0.3, 0.4) is 0 Å². The molecule has 0 bridgehead atoms. The van der Waals surface area contributed by atoms with E-state index < -0.39 is 0 Å². The number of hydrogen-bond acceptors (Lipinski definition) is 5. The number of carbonyl (C=O) groups excluding carboxylic acids is 1. The Kier molecular flexibility index (Phi) is 7.99. The average Bonchev–Trinajstić information content (AvgIpc) is 3.12. The van der Waals surface area contributed by atoms with Crippen molar-refractivity contribution in [1.29, 1.82) is 0 Å². The second kappa shape index (κ2) is 10.7. The molecule has 0 atom stereocenters. The number of amides is 1. The highest BCUT2D eigenvalue weighted by Gasteiger charge is 2.15. The first-order valence-corrected chi connectivity index (χ1v) is 11.6. The van der Waals surface area contributed by atoms with Crippen molar-refractivity contribution in [2.75, 3.05) is 11.1 Å². The molecule has 0 aliphatic heterocycles. The van der Waals surface area contributed by atoms with Gasteiger partial charge in [0.05, 0.1) is 5.75 Å². The van der Waals surface area contributed by atoms with Crippen molar-refractivity contribution < 1.29 is 9.53 Å². The molecule has 0 unspecified atom stereocenters. The fourth-order valence-corrected chi connectivity index (χ4v) is 4.27. The van der Waals surface area contributed by atoms with E-state index in [1.165, 1.54) is 17.3 Å². The third kappa shape index (κ3) is 5.93. The molecule has 0 saturated carbocycles. The SMILES string of the molecule is C=CCn1c(COc2ccc(Cl)c(C)c2)nnc1SCC(=O)Nc1c(C)cc(C)cc1C. The summed E-state index contributed by atoms with van der Waals surface area (Å²) in [5.41, 5.74) is 5.08. The first-order chi connectivity index (χ1) is 15.3. The molecule has 32 heavy (non-hydrogen) atoms. The van der Waals surface area contributed by atoms with Crippen LogP contribution >= 0.6 is 23.4 Å². The van der Waals surface area contributed by atoms with E-state index in [1.807, 2.05) is 44.4 Å². The van der Waals surface area contributed by atoms with Gasteiger partial charge in [-0.3, -0.25) is 9.36 Å². The largest absolute Gasteiger partial charge is 0.486 e. The lowest BCUT2D eigenvalue weighted by atomic mass is 10.1. The van der Waals surface area contributed by atoms with Gasteiger partial charge in [-0.25, -0.2) is 0 Å². The number of anilines is 1. The summed E-state index contributed by atoms with van der Waals surface area (Å²) in [5.74, 6) is 1.50. The highest BCUT2D eigenvalue weighted by molar-refractivity contribution is 7.99. The number of nitrogens with zero attached hydrogens (tertiary/aromatic N) is 3. The number of halogens is 1. The first-order valence-electron chi connectivity index (χ1n) is 10.2. The van der Waals surface area contributed by atoms with Gasteiger partial charge in [0.15, 0.2) is 11.0 Å². The molecule has 0 aliphatic rings. The zero-order valence-corrected chi connectivity index (χ0v) is 20.3. The lowest BCUT2D eigenvalue weighted by Crippen LogP contribution is -2.16. The second-order valence-corrected chi connectivity index (χ2v) is 8.96. The summed E-state index contributed by atoms with van der Waals surface area (Å²) in [7, 11) is 0. The van der Waals surface area contributed by atoms with Crippen LogP contribution in [0.1, 0.15) is 28.1 Å². The molecule has 1 N–H and O–H groups in total. The van der Waals surface area contributed by atoms with Crippen LogP contribution in [0.2, 0.25) is 5.02 Å². The molecule has 0 spiro atoms. The number of aryl methyl sites for hydroxylation is 4. The molecule has 1 heterocycles. The van der Waals surface area contributed by atoms with Gasteiger partial charge in [0.1, 0.15) is 12.4 Å². The number of hydrogen-bond donors (Lipinski definition) is 1. The van der Waals surface area contributed by atoms with Crippen molar-refractivity contribution >= 4 is 35.0 Å². The van der Waals surface area contributed by atoms with Crippen LogP contribution in [0.15, 0.2) is 48.1 Å². The Morgan fingerprint density at radius 3 is 2.53 bits per heavy atom. The van der Waals surface area contributed by atoms with Gasteiger partial charge in [0.25, 0.3) is 0 Å². The molecule has 0 fully saturated rings. The number of benzene rings is 2. The van der Waals surface area contributed by atoms with Crippen LogP contribution in [0, 0.1) is 27.7 Å². The molecular weight excluding hydrogens is 444 g/mol. The van der Waals surface area contributed by atoms with Gasteiger partial charge in [-0.15, -0.1) is 16.8 Å². The molecular formula is C24H27ClN4O2S. The molecule has 8 heteroatoms. The maximum Gasteiger partial charge on any atom is 0.234 e. The number of thioether (sulfide) groups is 1. The predicted molar refractivity (Wildman–Crippen MR) is 131 cm³/mol. The van der Waals surface area contributed by atoms with Gasteiger partial charge in [-0.1, -0.05) is 47.1 Å². The van der Waals surface area contributed by atoms with Crippen LogP contribution < -0.4 is 10.1 Å². The third-order valence-electron chi connectivity index (χ3n) is 4.88. The minimum absolute atomic E-state index is 0.0901. The van der Waals surface area contributed by atoms with Gasteiger partial charge >= 0.3 is 0 Å².